The number of hydrogen-bond acceptors (Lipinski definition) is 5. The molecular formula is C11H17N3O3. The van der Waals surface area contributed by atoms with E-state index >= 15 is 0 Å². The highest BCUT2D eigenvalue weighted by Gasteiger charge is 2.13. The Labute approximate surface area is 99.7 Å². The van der Waals surface area contributed by atoms with Crippen molar-refractivity contribution in [2.45, 2.75) is 18.9 Å². The standard InChI is InChI=1S/C11H17N3O3/c15-11(10-3-6-14-17-10)13-7-8-16-9-1-4-12-5-2-9/h3,6,9,12H,1-2,4-5,7-8H2,(H,13,15). The van der Waals surface area contributed by atoms with Crippen molar-refractivity contribution in [3.05, 3.63) is 18.0 Å². The number of aromatic nitrogens is 1. The first kappa shape index (κ1) is 12.1. The van der Waals surface area contributed by atoms with E-state index in [0.29, 0.717) is 19.3 Å². The van der Waals surface area contributed by atoms with E-state index < -0.39 is 0 Å². The number of nitrogens with zero attached hydrogens (tertiary/aromatic N) is 1. The lowest BCUT2D eigenvalue weighted by atomic mass is 10.1. The van der Waals surface area contributed by atoms with Gasteiger partial charge in [-0.1, -0.05) is 5.16 Å². The molecule has 1 aliphatic heterocycles. The van der Waals surface area contributed by atoms with Gasteiger partial charge in [-0.3, -0.25) is 4.79 Å². The van der Waals surface area contributed by atoms with Crippen LogP contribution in [0, 0.1) is 0 Å². The molecule has 1 saturated heterocycles. The van der Waals surface area contributed by atoms with E-state index in [1.165, 1.54) is 12.3 Å². The Balaban J connectivity index is 1.58. The fraction of sp³-hybridized carbons (Fsp3) is 0.636. The highest BCUT2D eigenvalue weighted by Crippen LogP contribution is 2.06. The molecule has 2 heterocycles. The minimum absolute atomic E-state index is 0.229. The number of piperidine rings is 1. The van der Waals surface area contributed by atoms with Gasteiger partial charge in [-0.05, 0) is 25.9 Å². The Bertz CT molecular complexity index is 334. The van der Waals surface area contributed by atoms with Gasteiger partial charge in [0.1, 0.15) is 0 Å². The van der Waals surface area contributed by atoms with Gasteiger partial charge in [-0.25, -0.2) is 0 Å². The highest BCUT2D eigenvalue weighted by atomic mass is 16.5. The van der Waals surface area contributed by atoms with Crippen molar-refractivity contribution in [1.29, 1.82) is 0 Å². The van der Waals surface area contributed by atoms with Gasteiger partial charge in [0.2, 0.25) is 5.76 Å². The number of amides is 1. The van der Waals surface area contributed by atoms with Crippen molar-refractivity contribution in [3.8, 4) is 0 Å². The molecule has 94 valence electrons. The number of rotatable bonds is 5. The molecule has 0 unspecified atom stereocenters. The number of ether oxygens (including phenoxy) is 1. The van der Waals surface area contributed by atoms with E-state index in [1.807, 2.05) is 0 Å². The summed E-state index contributed by atoms with van der Waals surface area (Å²) >= 11 is 0. The third-order valence-corrected chi connectivity index (χ3v) is 2.69. The van der Waals surface area contributed by atoms with E-state index in [1.54, 1.807) is 0 Å². The molecule has 0 radical (unpaired) electrons. The van der Waals surface area contributed by atoms with Crippen LogP contribution in [-0.2, 0) is 4.74 Å². The summed E-state index contributed by atoms with van der Waals surface area (Å²) < 4.78 is 10.4. The van der Waals surface area contributed by atoms with E-state index in [2.05, 4.69) is 15.8 Å². The van der Waals surface area contributed by atoms with E-state index in [-0.39, 0.29) is 11.7 Å². The van der Waals surface area contributed by atoms with Crippen LogP contribution in [0.25, 0.3) is 0 Å². The van der Waals surface area contributed by atoms with Crippen molar-refractivity contribution in [2.75, 3.05) is 26.2 Å². The molecule has 1 fully saturated rings. The van der Waals surface area contributed by atoms with Crippen LogP contribution in [0.3, 0.4) is 0 Å². The molecule has 1 aromatic rings. The zero-order valence-electron chi connectivity index (χ0n) is 9.65. The second kappa shape index (κ2) is 6.36. The Kier molecular flexibility index (Phi) is 4.52. The molecule has 2 rings (SSSR count). The molecular weight excluding hydrogens is 222 g/mol. The summed E-state index contributed by atoms with van der Waals surface area (Å²) in [5.41, 5.74) is 0. The molecule has 2 N–H and O–H groups in total. The number of hydrogen-bond donors (Lipinski definition) is 2. The fourth-order valence-electron chi connectivity index (χ4n) is 1.77. The van der Waals surface area contributed by atoms with Crippen LogP contribution in [0.2, 0.25) is 0 Å². The summed E-state index contributed by atoms with van der Waals surface area (Å²) in [6, 6.07) is 1.53. The van der Waals surface area contributed by atoms with Crippen molar-refractivity contribution in [1.82, 2.24) is 15.8 Å². The Morgan fingerprint density at radius 3 is 3.12 bits per heavy atom. The second-order valence-electron chi connectivity index (χ2n) is 3.95. The van der Waals surface area contributed by atoms with Gasteiger partial charge in [-0.2, -0.15) is 0 Å². The quantitative estimate of drug-likeness (QED) is 0.716. The average molecular weight is 239 g/mol. The lowest BCUT2D eigenvalue weighted by Crippen LogP contribution is -2.34. The SMILES string of the molecule is O=C(NCCOC1CCNCC1)c1ccno1. The summed E-state index contributed by atoms with van der Waals surface area (Å²) in [5.74, 6) is -0.0247. The smallest absolute Gasteiger partial charge is 0.289 e. The van der Waals surface area contributed by atoms with Crippen molar-refractivity contribution < 1.29 is 14.1 Å². The summed E-state index contributed by atoms with van der Waals surface area (Å²) in [4.78, 5) is 11.4. The zero-order chi connectivity index (χ0) is 11.9. The van der Waals surface area contributed by atoms with E-state index in [9.17, 15) is 4.79 Å². The minimum Gasteiger partial charge on any atom is -0.376 e. The summed E-state index contributed by atoms with van der Waals surface area (Å²) in [6.07, 6.45) is 3.84. The van der Waals surface area contributed by atoms with Crippen molar-refractivity contribution >= 4 is 5.91 Å². The van der Waals surface area contributed by atoms with Crippen LogP contribution in [0.1, 0.15) is 23.4 Å². The predicted octanol–water partition coefficient (Wildman–Crippen LogP) is 0.173. The maximum absolute atomic E-state index is 11.4. The topological polar surface area (TPSA) is 76.4 Å². The van der Waals surface area contributed by atoms with Crippen LogP contribution < -0.4 is 10.6 Å². The van der Waals surface area contributed by atoms with Crippen molar-refractivity contribution in [3.63, 3.8) is 0 Å². The van der Waals surface area contributed by atoms with Gasteiger partial charge < -0.3 is 19.9 Å². The number of nitrogens with one attached hydrogen (secondary N) is 2. The van der Waals surface area contributed by atoms with Gasteiger partial charge in [0.05, 0.1) is 18.9 Å². The van der Waals surface area contributed by atoms with Crippen LogP contribution >= 0.6 is 0 Å². The molecule has 1 aromatic heterocycles. The lowest BCUT2D eigenvalue weighted by Gasteiger charge is -2.22. The van der Waals surface area contributed by atoms with Gasteiger partial charge in [-0.15, -0.1) is 0 Å². The minimum atomic E-state index is -0.253. The van der Waals surface area contributed by atoms with Gasteiger partial charge in [0.25, 0.3) is 5.91 Å². The van der Waals surface area contributed by atoms with Gasteiger partial charge in [0, 0.05) is 12.6 Å². The number of carbonyl (C=O) groups is 1. The van der Waals surface area contributed by atoms with Crippen LogP contribution in [0.4, 0.5) is 0 Å². The second-order valence-corrected chi connectivity index (χ2v) is 3.95. The van der Waals surface area contributed by atoms with Gasteiger partial charge >= 0.3 is 0 Å². The fourth-order valence-corrected chi connectivity index (χ4v) is 1.77. The average Bonchev–Trinajstić information content (AvgIpc) is 2.89. The Morgan fingerprint density at radius 2 is 2.41 bits per heavy atom. The molecule has 0 spiro atoms. The normalized spacial score (nSPS) is 16.9. The van der Waals surface area contributed by atoms with Crippen LogP contribution in [0.15, 0.2) is 16.8 Å². The molecule has 0 atom stereocenters. The first-order valence-electron chi connectivity index (χ1n) is 5.87. The molecule has 1 amide bonds. The lowest BCUT2D eigenvalue weighted by molar-refractivity contribution is 0.0341. The molecule has 0 aliphatic carbocycles. The summed E-state index contributed by atoms with van der Waals surface area (Å²) in [6.45, 7) is 3.04. The first-order valence-corrected chi connectivity index (χ1v) is 5.87. The molecule has 6 nitrogen and oxygen atoms in total. The maximum atomic E-state index is 11.4. The Hall–Kier alpha value is -1.40. The maximum Gasteiger partial charge on any atom is 0.289 e. The molecule has 0 saturated carbocycles. The molecule has 6 heteroatoms. The summed E-state index contributed by atoms with van der Waals surface area (Å²) in [5, 5.41) is 9.46. The predicted molar refractivity (Wildman–Crippen MR) is 60.7 cm³/mol. The Morgan fingerprint density at radius 1 is 1.59 bits per heavy atom. The number of carbonyl (C=O) groups excluding carboxylic acids is 1. The van der Waals surface area contributed by atoms with Crippen molar-refractivity contribution in [2.24, 2.45) is 0 Å². The zero-order valence-corrected chi connectivity index (χ0v) is 9.65. The summed E-state index contributed by atoms with van der Waals surface area (Å²) in [7, 11) is 0. The molecule has 17 heavy (non-hydrogen) atoms. The molecule has 0 aromatic carbocycles. The van der Waals surface area contributed by atoms with Crippen LogP contribution in [-0.4, -0.2) is 43.4 Å². The molecule has 0 bridgehead atoms. The van der Waals surface area contributed by atoms with Gasteiger partial charge in [0.15, 0.2) is 0 Å². The highest BCUT2D eigenvalue weighted by molar-refractivity contribution is 5.91. The van der Waals surface area contributed by atoms with E-state index in [4.69, 9.17) is 9.26 Å². The third kappa shape index (κ3) is 3.83. The molecule has 1 aliphatic rings. The largest absolute Gasteiger partial charge is 0.376 e. The van der Waals surface area contributed by atoms with E-state index in [0.717, 1.165) is 25.9 Å². The van der Waals surface area contributed by atoms with Crippen LogP contribution in [0.5, 0.6) is 0 Å². The third-order valence-electron chi connectivity index (χ3n) is 2.69. The first-order chi connectivity index (χ1) is 8.36. The monoisotopic (exact) mass is 239 g/mol.